The van der Waals surface area contributed by atoms with Crippen LogP contribution in [0.3, 0.4) is 0 Å². The van der Waals surface area contributed by atoms with Crippen LogP contribution in [0.4, 0.5) is 5.69 Å². The number of hydrogen-bond acceptors (Lipinski definition) is 7. The molecule has 1 fully saturated rings. The van der Waals surface area contributed by atoms with E-state index in [0.717, 1.165) is 15.7 Å². The van der Waals surface area contributed by atoms with E-state index in [1.807, 2.05) is 36.2 Å². The summed E-state index contributed by atoms with van der Waals surface area (Å²) in [6.45, 7) is 0.0403. The number of amidine groups is 1. The minimum atomic E-state index is -0.879. The molecule has 9 nitrogen and oxygen atoms in total. The fourth-order valence-electron chi connectivity index (χ4n) is 6.34. The first-order chi connectivity index (χ1) is 17.8. The van der Waals surface area contributed by atoms with Crippen LogP contribution in [0.25, 0.3) is 0 Å². The third kappa shape index (κ3) is 3.15. The van der Waals surface area contributed by atoms with Crippen LogP contribution in [0.2, 0.25) is 0 Å². The van der Waals surface area contributed by atoms with Crippen molar-refractivity contribution in [1.82, 2.24) is 9.80 Å². The number of para-hydroxylation sites is 1. The second-order valence-corrected chi connectivity index (χ2v) is 10.6. The van der Waals surface area contributed by atoms with Crippen molar-refractivity contribution in [3.63, 3.8) is 0 Å². The van der Waals surface area contributed by atoms with Gasteiger partial charge in [0.15, 0.2) is 0 Å². The van der Waals surface area contributed by atoms with Gasteiger partial charge < -0.3 is 14.7 Å². The van der Waals surface area contributed by atoms with Gasteiger partial charge in [0.2, 0.25) is 0 Å². The molecular formula is C27H25BrN4O5. The second kappa shape index (κ2) is 8.61. The van der Waals surface area contributed by atoms with Gasteiger partial charge in [0.1, 0.15) is 11.5 Å². The number of likely N-dealkylation sites (tertiary alicyclic amines) is 1. The Labute approximate surface area is 222 Å². The van der Waals surface area contributed by atoms with Gasteiger partial charge in [-0.25, -0.2) is 4.99 Å². The average molecular weight is 565 g/mol. The van der Waals surface area contributed by atoms with Crippen LogP contribution in [0, 0.1) is 0 Å². The maximum Gasteiger partial charge on any atom is 0.280 e. The lowest BCUT2D eigenvalue weighted by Crippen LogP contribution is -2.54. The first-order valence-electron chi connectivity index (χ1n) is 12.1. The maximum absolute atomic E-state index is 13.9. The van der Waals surface area contributed by atoms with Crippen molar-refractivity contribution in [3.05, 3.63) is 75.4 Å². The summed E-state index contributed by atoms with van der Waals surface area (Å²) in [7, 11) is 3.41. The van der Waals surface area contributed by atoms with Crippen molar-refractivity contribution in [2.24, 2.45) is 4.99 Å². The predicted molar refractivity (Wildman–Crippen MR) is 139 cm³/mol. The lowest BCUT2D eigenvalue weighted by molar-refractivity contribution is -0.138. The van der Waals surface area contributed by atoms with Gasteiger partial charge in [-0.1, -0.05) is 34.1 Å². The third-order valence-electron chi connectivity index (χ3n) is 7.88. The number of anilines is 1. The highest BCUT2D eigenvalue weighted by atomic mass is 79.9. The van der Waals surface area contributed by atoms with Crippen molar-refractivity contribution in [2.75, 3.05) is 38.8 Å². The number of carbonyl (C=O) groups excluding carboxylic acids is 3. The van der Waals surface area contributed by atoms with Gasteiger partial charge in [0.25, 0.3) is 17.7 Å². The van der Waals surface area contributed by atoms with Gasteiger partial charge >= 0.3 is 0 Å². The molecule has 4 aliphatic rings. The van der Waals surface area contributed by atoms with Gasteiger partial charge in [-0.3, -0.25) is 24.2 Å². The Kier molecular flexibility index (Phi) is 5.59. The van der Waals surface area contributed by atoms with Gasteiger partial charge in [-0.05, 0) is 42.3 Å². The van der Waals surface area contributed by atoms with Crippen LogP contribution in [-0.2, 0) is 19.7 Å². The zero-order valence-electron chi connectivity index (χ0n) is 20.3. The number of fused-ring (bicyclic) bond motifs is 2. The van der Waals surface area contributed by atoms with E-state index in [4.69, 9.17) is 9.73 Å². The molecule has 4 aliphatic heterocycles. The fourth-order valence-corrected chi connectivity index (χ4v) is 6.61. The number of rotatable bonds is 5. The number of methoxy groups -OCH3 is 1. The van der Waals surface area contributed by atoms with Gasteiger partial charge in [-0.2, -0.15) is 0 Å². The Morgan fingerprint density at radius 1 is 1.16 bits per heavy atom. The minimum Gasteiger partial charge on any atom is -0.394 e. The number of carbonyl (C=O) groups is 3. The second-order valence-electron chi connectivity index (χ2n) is 9.68. The van der Waals surface area contributed by atoms with E-state index in [9.17, 15) is 19.5 Å². The number of ether oxygens (including phenoxy) is 1. The number of aliphatic imine (C=N–C) groups is 1. The van der Waals surface area contributed by atoms with E-state index < -0.39 is 23.4 Å². The Bertz CT molecular complexity index is 1400. The molecule has 6 rings (SSSR count). The Balaban J connectivity index is 1.56. The molecule has 1 N–H and O–H groups in total. The molecule has 4 heterocycles. The number of likely N-dealkylation sites (N-methyl/N-ethyl adjacent to an activating group) is 1. The molecule has 0 aliphatic carbocycles. The third-order valence-corrected chi connectivity index (χ3v) is 8.41. The molecule has 0 bridgehead atoms. The lowest BCUT2D eigenvalue weighted by atomic mass is 9.70. The van der Waals surface area contributed by atoms with Gasteiger partial charge in [0, 0.05) is 29.9 Å². The highest BCUT2D eigenvalue weighted by Gasteiger charge is 2.67. The van der Waals surface area contributed by atoms with Crippen LogP contribution in [0.15, 0.2) is 69.3 Å². The lowest BCUT2D eigenvalue weighted by Gasteiger charge is -2.38. The summed E-state index contributed by atoms with van der Waals surface area (Å²) in [6, 6.07) is 13.7. The monoisotopic (exact) mass is 564 g/mol. The number of hydrogen-bond donors (Lipinski definition) is 1. The Morgan fingerprint density at radius 2 is 1.89 bits per heavy atom. The maximum atomic E-state index is 13.9. The molecule has 1 spiro atoms. The van der Waals surface area contributed by atoms with Crippen molar-refractivity contribution in [1.29, 1.82) is 0 Å². The molecule has 3 atom stereocenters. The molecule has 0 aromatic heterocycles. The van der Waals surface area contributed by atoms with Gasteiger partial charge in [-0.15, -0.1) is 0 Å². The van der Waals surface area contributed by atoms with E-state index in [0.29, 0.717) is 23.4 Å². The topological polar surface area (TPSA) is 103 Å². The SMILES string of the molecule is COCCN1C(=O)C2=C(C1=O)C1N(C)c3ccccc3[C@@]13C[C@@H](CO)N(C(=O)c1ccc(Br)cc1)C3=N2. The largest absolute Gasteiger partial charge is 0.394 e. The van der Waals surface area contributed by atoms with E-state index in [1.165, 1.54) is 16.9 Å². The van der Waals surface area contributed by atoms with E-state index in [1.54, 1.807) is 24.3 Å². The molecule has 1 saturated heterocycles. The van der Waals surface area contributed by atoms with Crippen molar-refractivity contribution in [3.8, 4) is 0 Å². The number of amides is 3. The summed E-state index contributed by atoms with van der Waals surface area (Å²) in [5, 5.41) is 10.5. The van der Waals surface area contributed by atoms with Crippen molar-refractivity contribution in [2.45, 2.75) is 23.9 Å². The molecule has 3 amide bonds. The Hall–Kier alpha value is -3.34. The normalized spacial score (nSPS) is 25.8. The average Bonchev–Trinajstić information content (AvgIpc) is 3.46. The summed E-state index contributed by atoms with van der Waals surface area (Å²) >= 11 is 3.40. The molecule has 0 radical (unpaired) electrons. The first-order valence-corrected chi connectivity index (χ1v) is 12.8. The minimum absolute atomic E-state index is 0.0589. The smallest absolute Gasteiger partial charge is 0.280 e. The highest BCUT2D eigenvalue weighted by Crippen LogP contribution is 2.58. The van der Waals surface area contributed by atoms with Crippen molar-refractivity contribution >= 4 is 45.2 Å². The zero-order valence-corrected chi connectivity index (χ0v) is 21.9. The van der Waals surface area contributed by atoms with Crippen LogP contribution in [-0.4, -0.2) is 84.5 Å². The highest BCUT2D eigenvalue weighted by molar-refractivity contribution is 9.10. The molecule has 2 aromatic rings. The molecule has 1 unspecified atom stereocenters. The summed E-state index contributed by atoms with van der Waals surface area (Å²) < 4.78 is 5.96. The number of benzene rings is 2. The molecular weight excluding hydrogens is 540 g/mol. The summed E-state index contributed by atoms with van der Waals surface area (Å²) in [4.78, 5) is 50.6. The van der Waals surface area contributed by atoms with Gasteiger partial charge in [0.05, 0.1) is 42.8 Å². The number of halogens is 1. The molecule has 10 heteroatoms. The number of aliphatic hydroxyl groups is 1. The van der Waals surface area contributed by atoms with Crippen LogP contribution in [0.1, 0.15) is 22.3 Å². The molecule has 37 heavy (non-hydrogen) atoms. The molecule has 0 saturated carbocycles. The van der Waals surface area contributed by atoms with E-state index >= 15 is 0 Å². The molecule has 190 valence electrons. The summed E-state index contributed by atoms with van der Waals surface area (Å²) in [6.07, 6.45) is 0.368. The summed E-state index contributed by atoms with van der Waals surface area (Å²) in [5.41, 5.74) is 1.78. The van der Waals surface area contributed by atoms with E-state index in [2.05, 4.69) is 15.9 Å². The van der Waals surface area contributed by atoms with E-state index in [-0.39, 0.29) is 37.3 Å². The Morgan fingerprint density at radius 3 is 2.59 bits per heavy atom. The number of aliphatic hydroxyl groups excluding tert-OH is 1. The summed E-state index contributed by atoms with van der Waals surface area (Å²) in [5.74, 6) is -0.798. The fraction of sp³-hybridized carbons (Fsp3) is 0.333. The van der Waals surface area contributed by atoms with Crippen molar-refractivity contribution < 1.29 is 24.2 Å². The first kappa shape index (κ1) is 24.0. The van der Waals surface area contributed by atoms with Crippen LogP contribution >= 0.6 is 15.9 Å². The molecule has 2 aromatic carbocycles. The number of imide groups is 1. The number of nitrogens with zero attached hydrogens (tertiary/aromatic N) is 4. The van der Waals surface area contributed by atoms with Crippen LogP contribution < -0.4 is 4.90 Å². The predicted octanol–water partition coefficient (Wildman–Crippen LogP) is 2.09. The van der Waals surface area contributed by atoms with Crippen LogP contribution in [0.5, 0.6) is 0 Å². The quantitative estimate of drug-likeness (QED) is 0.558. The standard InChI is InChI=1S/C27H25BrN4O5/c1-30-19-6-4-3-5-18(19)27-13-17(14-33)32(23(34)15-7-9-16(28)10-8-15)26(27)29-21-20(22(27)30)24(35)31(25(21)36)11-12-37-2/h3-10,17,22,33H,11-14H2,1-2H3/t17-,22?,27-/m0/s1. The zero-order chi connectivity index (χ0) is 26.1.